The molecule has 0 bridgehead atoms. The van der Waals surface area contributed by atoms with Gasteiger partial charge in [0, 0.05) is 50.6 Å². The molecule has 5 rings (SSSR count). The maximum absolute atomic E-state index is 13.5. The van der Waals surface area contributed by atoms with Crippen LogP contribution in [0.5, 0.6) is 0 Å². The average molecular weight is 554 g/mol. The van der Waals surface area contributed by atoms with Gasteiger partial charge in [-0.1, -0.05) is 31.7 Å². The Hall–Kier alpha value is -3.01. The Kier molecular flexibility index (Phi) is 8.21. The maximum Gasteiger partial charge on any atom is 0.253 e. The molecule has 210 valence electrons. The van der Waals surface area contributed by atoms with E-state index in [1.807, 2.05) is 35.0 Å². The molecule has 0 spiro atoms. The van der Waals surface area contributed by atoms with Crippen molar-refractivity contribution in [3.05, 3.63) is 47.2 Å². The normalized spacial score (nSPS) is 20.2. The van der Waals surface area contributed by atoms with Crippen molar-refractivity contribution in [3.63, 3.8) is 0 Å². The molecular formula is C29H39N5O4S. The number of carbonyl (C=O) groups is 2. The quantitative estimate of drug-likeness (QED) is 0.496. The molecule has 39 heavy (non-hydrogen) atoms. The highest BCUT2D eigenvalue weighted by Crippen LogP contribution is 2.33. The standard InChI is InChI=1S/C29H39N5O4S/c1-33(23-14-17-34(18-15-23)26-13-16-30-29(32-26)39(2,37)38)28(36)22-9-8-21-10-11-25(24(21)19-22)31-27(35)12-7-20-5-3-4-6-20/h8-9,13,16,19-20,23,25H,3-7,10-12,14-15,17-18H2,1-2H3,(H,31,35). The fourth-order valence-corrected chi connectivity index (χ4v) is 6.84. The SMILES string of the molecule is CN(C(=O)c1ccc2c(c1)C(NC(=O)CCC1CCCC1)CC2)C1CCN(c2ccnc(S(C)(=O)=O)n2)CC1. The Bertz CT molecular complexity index is 1320. The summed E-state index contributed by atoms with van der Waals surface area (Å²) in [5, 5.41) is 3.06. The van der Waals surface area contributed by atoms with Gasteiger partial charge in [0.15, 0.2) is 0 Å². The summed E-state index contributed by atoms with van der Waals surface area (Å²) in [4.78, 5) is 38.1. The van der Waals surface area contributed by atoms with E-state index in [1.165, 1.54) is 37.4 Å². The van der Waals surface area contributed by atoms with Crippen molar-refractivity contribution < 1.29 is 18.0 Å². The van der Waals surface area contributed by atoms with Crippen LogP contribution in [0.3, 0.4) is 0 Å². The van der Waals surface area contributed by atoms with Crippen LogP contribution in [0, 0.1) is 5.92 Å². The predicted molar refractivity (Wildman–Crippen MR) is 149 cm³/mol. The number of aryl methyl sites for hydroxylation is 1. The second kappa shape index (κ2) is 11.6. The Balaban J connectivity index is 1.18. The minimum atomic E-state index is -3.48. The van der Waals surface area contributed by atoms with Gasteiger partial charge < -0.3 is 15.1 Å². The van der Waals surface area contributed by atoms with Crippen molar-refractivity contribution in [1.82, 2.24) is 20.2 Å². The minimum absolute atomic E-state index is 0.0177. The molecule has 2 heterocycles. The van der Waals surface area contributed by atoms with Crippen molar-refractivity contribution in [2.45, 2.75) is 81.4 Å². The molecule has 1 aromatic carbocycles. The van der Waals surface area contributed by atoms with Crippen LogP contribution >= 0.6 is 0 Å². The monoisotopic (exact) mass is 553 g/mol. The molecular weight excluding hydrogens is 514 g/mol. The van der Waals surface area contributed by atoms with Crippen molar-refractivity contribution in [3.8, 4) is 0 Å². The Morgan fingerprint density at radius 3 is 2.54 bits per heavy atom. The van der Waals surface area contributed by atoms with E-state index >= 15 is 0 Å². The first-order valence-electron chi connectivity index (χ1n) is 14.2. The molecule has 1 aromatic heterocycles. The molecule has 2 aromatic rings. The Labute approximate surface area is 231 Å². The second-order valence-corrected chi connectivity index (χ2v) is 13.3. The molecule has 1 N–H and O–H groups in total. The highest BCUT2D eigenvalue weighted by atomic mass is 32.2. The number of benzene rings is 1. The largest absolute Gasteiger partial charge is 0.356 e. The zero-order valence-corrected chi connectivity index (χ0v) is 23.8. The number of piperidine rings is 1. The van der Waals surface area contributed by atoms with Crippen LogP contribution < -0.4 is 10.2 Å². The Morgan fingerprint density at radius 1 is 1.08 bits per heavy atom. The number of hydrogen-bond acceptors (Lipinski definition) is 7. The third-order valence-corrected chi connectivity index (χ3v) is 9.53. The summed E-state index contributed by atoms with van der Waals surface area (Å²) in [6, 6.07) is 7.69. The summed E-state index contributed by atoms with van der Waals surface area (Å²) in [5.41, 5.74) is 2.94. The van der Waals surface area contributed by atoms with E-state index < -0.39 is 9.84 Å². The van der Waals surface area contributed by atoms with Crippen LogP contribution in [0.1, 0.15) is 85.3 Å². The first-order valence-corrected chi connectivity index (χ1v) is 16.1. The van der Waals surface area contributed by atoms with E-state index in [0.29, 0.717) is 36.8 Å². The molecule has 0 radical (unpaired) electrons. The van der Waals surface area contributed by atoms with E-state index in [-0.39, 0.29) is 29.1 Å². The van der Waals surface area contributed by atoms with E-state index in [2.05, 4.69) is 15.3 Å². The molecule has 1 aliphatic heterocycles. The number of fused-ring (bicyclic) bond motifs is 1. The van der Waals surface area contributed by atoms with Gasteiger partial charge in [-0.3, -0.25) is 9.59 Å². The molecule has 1 unspecified atom stereocenters. The summed E-state index contributed by atoms with van der Waals surface area (Å²) in [7, 11) is -1.63. The molecule has 2 fully saturated rings. The van der Waals surface area contributed by atoms with Crippen molar-refractivity contribution in [2.24, 2.45) is 5.92 Å². The van der Waals surface area contributed by atoms with Crippen LogP contribution in [0.25, 0.3) is 0 Å². The summed E-state index contributed by atoms with van der Waals surface area (Å²) in [6.07, 6.45) is 12.5. The number of nitrogens with one attached hydrogen (secondary N) is 1. The zero-order valence-electron chi connectivity index (χ0n) is 22.9. The van der Waals surface area contributed by atoms with Crippen LogP contribution in [0.2, 0.25) is 0 Å². The van der Waals surface area contributed by atoms with Crippen molar-refractivity contribution in [2.75, 3.05) is 31.3 Å². The lowest BCUT2D eigenvalue weighted by atomic mass is 10.00. The fourth-order valence-electron chi connectivity index (χ4n) is 6.32. The number of hydrogen-bond donors (Lipinski definition) is 1. The van der Waals surface area contributed by atoms with Gasteiger partial charge in [0.25, 0.3) is 5.91 Å². The number of carbonyl (C=O) groups excluding carboxylic acids is 2. The summed E-state index contributed by atoms with van der Waals surface area (Å²) >= 11 is 0. The lowest BCUT2D eigenvalue weighted by molar-refractivity contribution is -0.122. The predicted octanol–water partition coefficient (Wildman–Crippen LogP) is 3.70. The first-order chi connectivity index (χ1) is 18.7. The van der Waals surface area contributed by atoms with Crippen LogP contribution in [-0.2, 0) is 21.1 Å². The third kappa shape index (κ3) is 6.42. The van der Waals surface area contributed by atoms with Crippen LogP contribution in [0.4, 0.5) is 5.82 Å². The molecule has 1 atom stereocenters. The van der Waals surface area contributed by atoms with E-state index in [9.17, 15) is 18.0 Å². The number of amides is 2. The van der Waals surface area contributed by atoms with E-state index in [0.717, 1.165) is 43.9 Å². The molecule has 1 saturated heterocycles. The lowest BCUT2D eigenvalue weighted by Gasteiger charge is -2.37. The van der Waals surface area contributed by atoms with Gasteiger partial charge in [-0.2, -0.15) is 0 Å². The second-order valence-electron chi connectivity index (χ2n) is 11.4. The lowest BCUT2D eigenvalue weighted by Crippen LogP contribution is -2.46. The van der Waals surface area contributed by atoms with Gasteiger partial charge in [0.2, 0.25) is 20.9 Å². The zero-order chi connectivity index (χ0) is 27.6. The van der Waals surface area contributed by atoms with Crippen LogP contribution in [0.15, 0.2) is 35.6 Å². The van der Waals surface area contributed by atoms with Gasteiger partial charge in [-0.05, 0) is 67.3 Å². The number of rotatable bonds is 8. The third-order valence-electron chi connectivity index (χ3n) is 8.67. The van der Waals surface area contributed by atoms with Gasteiger partial charge in [-0.15, -0.1) is 0 Å². The number of aromatic nitrogens is 2. The number of nitrogens with zero attached hydrogens (tertiary/aromatic N) is 4. The highest BCUT2D eigenvalue weighted by molar-refractivity contribution is 7.90. The highest BCUT2D eigenvalue weighted by Gasteiger charge is 2.30. The fraction of sp³-hybridized carbons (Fsp3) is 0.586. The smallest absolute Gasteiger partial charge is 0.253 e. The molecule has 2 aliphatic carbocycles. The van der Waals surface area contributed by atoms with Crippen molar-refractivity contribution in [1.29, 1.82) is 0 Å². The topological polar surface area (TPSA) is 113 Å². The van der Waals surface area contributed by atoms with Crippen LogP contribution in [-0.4, -0.2) is 67.5 Å². The van der Waals surface area contributed by atoms with E-state index in [1.54, 1.807) is 6.07 Å². The summed E-state index contributed by atoms with van der Waals surface area (Å²) in [6.45, 7) is 1.34. The molecule has 2 amide bonds. The average Bonchev–Trinajstić information content (AvgIpc) is 3.61. The van der Waals surface area contributed by atoms with Gasteiger partial charge in [0.1, 0.15) is 5.82 Å². The maximum atomic E-state index is 13.5. The Morgan fingerprint density at radius 2 is 1.82 bits per heavy atom. The molecule has 10 heteroatoms. The molecule has 3 aliphatic rings. The van der Waals surface area contributed by atoms with Gasteiger partial charge in [-0.25, -0.2) is 18.4 Å². The molecule has 1 saturated carbocycles. The number of anilines is 1. The van der Waals surface area contributed by atoms with Crippen molar-refractivity contribution >= 4 is 27.5 Å². The van der Waals surface area contributed by atoms with Gasteiger partial charge in [0.05, 0.1) is 6.04 Å². The summed E-state index contributed by atoms with van der Waals surface area (Å²) in [5.74, 6) is 1.39. The first kappa shape index (κ1) is 27.6. The minimum Gasteiger partial charge on any atom is -0.356 e. The van der Waals surface area contributed by atoms with Gasteiger partial charge >= 0.3 is 0 Å². The summed E-state index contributed by atoms with van der Waals surface area (Å²) < 4.78 is 23.7. The van der Waals surface area contributed by atoms with E-state index in [4.69, 9.17) is 0 Å². The number of sulfone groups is 1. The molecule has 9 nitrogen and oxygen atoms in total.